The van der Waals surface area contributed by atoms with Crippen LogP contribution in [0.25, 0.3) is 0 Å². The van der Waals surface area contributed by atoms with Crippen molar-refractivity contribution in [3.8, 4) is 0 Å². The Bertz CT molecular complexity index is 723. The number of rotatable bonds is 9. The van der Waals surface area contributed by atoms with E-state index in [0.29, 0.717) is 38.3 Å². The van der Waals surface area contributed by atoms with Gasteiger partial charge in [-0.3, -0.25) is 4.79 Å². The third-order valence-electron chi connectivity index (χ3n) is 5.15. The van der Waals surface area contributed by atoms with Crippen LogP contribution < -0.4 is 11.1 Å². The highest BCUT2D eigenvalue weighted by Gasteiger charge is 2.38. The van der Waals surface area contributed by atoms with Gasteiger partial charge in [0.05, 0.1) is 5.75 Å². The standard InChI is InChI=1S/C20H33N3O3S.ClH/c1-4-5-13-27(25,26)23-12-6-7-19(23)20(24)22-14-18(21)17-10-8-16(9-11-17)15(2)3;/h8-11,15,18-19H,4-7,12-14,21H2,1-3H3,(H,22,24);1H. The topological polar surface area (TPSA) is 92.5 Å². The maximum Gasteiger partial charge on any atom is 0.238 e. The number of unbranched alkanes of at least 4 members (excludes halogenated alkanes) is 1. The predicted octanol–water partition coefficient (Wildman–Crippen LogP) is 2.94. The van der Waals surface area contributed by atoms with Crippen LogP contribution in [0.2, 0.25) is 0 Å². The first kappa shape index (κ1) is 24.9. The van der Waals surface area contributed by atoms with E-state index in [1.54, 1.807) is 0 Å². The van der Waals surface area contributed by atoms with E-state index in [0.717, 1.165) is 12.0 Å². The molecule has 0 spiro atoms. The summed E-state index contributed by atoms with van der Waals surface area (Å²) in [6.45, 7) is 6.94. The van der Waals surface area contributed by atoms with E-state index < -0.39 is 16.1 Å². The second-order valence-corrected chi connectivity index (χ2v) is 9.65. The fourth-order valence-electron chi connectivity index (χ4n) is 3.35. The molecule has 1 aromatic rings. The highest BCUT2D eigenvalue weighted by Crippen LogP contribution is 2.23. The van der Waals surface area contributed by atoms with Crippen molar-refractivity contribution in [2.45, 2.75) is 64.5 Å². The molecule has 1 saturated heterocycles. The van der Waals surface area contributed by atoms with Gasteiger partial charge in [0, 0.05) is 19.1 Å². The lowest BCUT2D eigenvalue weighted by atomic mass is 9.99. The first-order chi connectivity index (χ1) is 12.8. The van der Waals surface area contributed by atoms with Gasteiger partial charge in [-0.2, -0.15) is 4.31 Å². The summed E-state index contributed by atoms with van der Waals surface area (Å²) in [5.74, 6) is 0.314. The van der Waals surface area contributed by atoms with Gasteiger partial charge in [-0.05, 0) is 36.3 Å². The summed E-state index contributed by atoms with van der Waals surface area (Å²) >= 11 is 0. The Morgan fingerprint density at radius 2 is 1.86 bits per heavy atom. The molecule has 1 aliphatic heterocycles. The molecule has 0 radical (unpaired) electrons. The molecule has 8 heteroatoms. The number of sulfonamides is 1. The molecule has 2 rings (SSSR count). The molecular weight excluding hydrogens is 398 g/mol. The predicted molar refractivity (Wildman–Crippen MR) is 116 cm³/mol. The second kappa shape index (κ2) is 11.1. The number of carbonyl (C=O) groups excluding carboxylic acids is 1. The zero-order valence-electron chi connectivity index (χ0n) is 17.1. The van der Waals surface area contributed by atoms with E-state index >= 15 is 0 Å². The maximum absolute atomic E-state index is 12.6. The van der Waals surface area contributed by atoms with Gasteiger partial charge in [0.25, 0.3) is 0 Å². The number of halogens is 1. The van der Waals surface area contributed by atoms with Crippen LogP contribution in [0.1, 0.15) is 69.5 Å². The zero-order chi connectivity index (χ0) is 20.0. The fourth-order valence-corrected chi connectivity index (χ4v) is 5.24. The summed E-state index contributed by atoms with van der Waals surface area (Å²) in [6.07, 6.45) is 2.71. The van der Waals surface area contributed by atoms with Gasteiger partial charge >= 0.3 is 0 Å². The van der Waals surface area contributed by atoms with Crippen LogP contribution in [-0.4, -0.2) is 43.5 Å². The van der Waals surface area contributed by atoms with Gasteiger partial charge in [0.2, 0.25) is 15.9 Å². The number of hydrogen-bond donors (Lipinski definition) is 2. The molecule has 0 bridgehead atoms. The minimum absolute atomic E-state index is 0. The van der Waals surface area contributed by atoms with Crippen molar-refractivity contribution in [2.24, 2.45) is 5.73 Å². The molecule has 2 unspecified atom stereocenters. The number of benzene rings is 1. The maximum atomic E-state index is 12.6. The van der Waals surface area contributed by atoms with Crippen molar-refractivity contribution in [1.82, 2.24) is 9.62 Å². The zero-order valence-corrected chi connectivity index (χ0v) is 18.7. The van der Waals surface area contributed by atoms with Crippen molar-refractivity contribution in [3.63, 3.8) is 0 Å². The molecule has 2 atom stereocenters. The van der Waals surface area contributed by atoms with E-state index in [-0.39, 0.29) is 30.1 Å². The Morgan fingerprint density at radius 3 is 2.43 bits per heavy atom. The van der Waals surface area contributed by atoms with Gasteiger partial charge in [0.1, 0.15) is 6.04 Å². The number of amides is 1. The number of nitrogens with two attached hydrogens (primary N) is 1. The Balaban J connectivity index is 0.00000392. The number of nitrogens with zero attached hydrogens (tertiary/aromatic N) is 1. The monoisotopic (exact) mass is 431 g/mol. The summed E-state index contributed by atoms with van der Waals surface area (Å²) in [5.41, 5.74) is 8.41. The van der Waals surface area contributed by atoms with Crippen molar-refractivity contribution in [1.29, 1.82) is 0 Å². The van der Waals surface area contributed by atoms with Gasteiger partial charge < -0.3 is 11.1 Å². The Kier molecular flexibility index (Phi) is 9.90. The lowest BCUT2D eigenvalue weighted by Gasteiger charge is -2.24. The molecule has 3 N–H and O–H groups in total. The largest absolute Gasteiger partial charge is 0.353 e. The van der Waals surface area contributed by atoms with Gasteiger partial charge in [-0.25, -0.2) is 8.42 Å². The van der Waals surface area contributed by atoms with Gasteiger partial charge in [-0.15, -0.1) is 12.4 Å². The van der Waals surface area contributed by atoms with Crippen molar-refractivity contribution in [3.05, 3.63) is 35.4 Å². The molecule has 1 heterocycles. The van der Waals surface area contributed by atoms with Crippen molar-refractivity contribution in [2.75, 3.05) is 18.8 Å². The Labute approximate surface area is 175 Å². The van der Waals surface area contributed by atoms with Crippen LogP contribution in [0.4, 0.5) is 0 Å². The molecule has 6 nitrogen and oxygen atoms in total. The molecular formula is C20H34ClN3O3S. The van der Waals surface area contributed by atoms with Crippen LogP contribution in [0.15, 0.2) is 24.3 Å². The molecule has 1 fully saturated rings. The van der Waals surface area contributed by atoms with E-state index in [4.69, 9.17) is 5.73 Å². The summed E-state index contributed by atoms with van der Waals surface area (Å²) in [4.78, 5) is 12.6. The normalized spacial score (nSPS) is 18.7. The third kappa shape index (κ3) is 6.44. The van der Waals surface area contributed by atoms with Crippen LogP contribution in [0.5, 0.6) is 0 Å². The number of nitrogens with one attached hydrogen (secondary N) is 1. The first-order valence-corrected chi connectivity index (χ1v) is 11.5. The summed E-state index contributed by atoms with van der Waals surface area (Å²) in [5, 5.41) is 2.85. The first-order valence-electron chi connectivity index (χ1n) is 9.89. The second-order valence-electron chi connectivity index (χ2n) is 7.61. The van der Waals surface area contributed by atoms with E-state index in [2.05, 4.69) is 31.3 Å². The summed E-state index contributed by atoms with van der Waals surface area (Å²) in [6, 6.07) is 7.16. The van der Waals surface area contributed by atoms with Gasteiger partial charge in [0.15, 0.2) is 0 Å². The molecule has 0 aromatic heterocycles. The molecule has 1 amide bonds. The molecule has 1 aromatic carbocycles. The molecule has 1 aliphatic rings. The van der Waals surface area contributed by atoms with Crippen LogP contribution >= 0.6 is 12.4 Å². The Hall–Kier alpha value is -1.15. The highest BCUT2D eigenvalue weighted by molar-refractivity contribution is 7.89. The lowest BCUT2D eigenvalue weighted by molar-refractivity contribution is -0.124. The highest BCUT2D eigenvalue weighted by atomic mass is 35.5. The lowest BCUT2D eigenvalue weighted by Crippen LogP contribution is -2.47. The molecule has 0 saturated carbocycles. The van der Waals surface area contributed by atoms with Crippen LogP contribution in [-0.2, 0) is 14.8 Å². The minimum atomic E-state index is -3.38. The average molecular weight is 432 g/mol. The number of hydrogen-bond acceptors (Lipinski definition) is 4. The summed E-state index contributed by atoms with van der Waals surface area (Å²) < 4.78 is 26.3. The van der Waals surface area contributed by atoms with Gasteiger partial charge in [-0.1, -0.05) is 51.5 Å². The number of carbonyl (C=O) groups is 1. The molecule has 160 valence electrons. The quantitative estimate of drug-likeness (QED) is 0.628. The molecule has 0 aliphatic carbocycles. The minimum Gasteiger partial charge on any atom is -0.353 e. The smallest absolute Gasteiger partial charge is 0.238 e. The SMILES string of the molecule is CCCCS(=O)(=O)N1CCCC1C(=O)NCC(N)c1ccc(C(C)C)cc1.Cl. The summed E-state index contributed by atoms with van der Waals surface area (Å²) in [7, 11) is -3.38. The van der Waals surface area contributed by atoms with E-state index in [9.17, 15) is 13.2 Å². The third-order valence-corrected chi connectivity index (χ3v) is 7.10. The van der Waals surface area contributed by atoms with E-state index in [1.165, 1.54) is 9.87 Å². The van der Waals surface area contributed by atoms with Crippen LogP contribution in [0, 0.1) is 0 Å². The Morgan fingerprint density at radius 1 is 1.25 bits per heavy atom. The van der Waals surface area contributed by atoms with Crippen LogP contribution in [0.3, 0.4) is 0 Å². The molecule has 28 heavy (non-hydrogen) atoms. The fraction of sp³-hybridized carbons (Fsp3) is 0.650. The van der Waals surface area contributed by atoms with E-state index in [1.807, 2.05) is 19.1 Å². The average Bonchev–Trinajstić information content (AvgIpc) is 3.15. The van der Waals surface area contributed by atoms with Crippen molar-refractivity contribution >= 4 is 28.3 Å². The van der Waals surface area contributed by atoms with Crippen molar-refractivity contribution < 1.29 is 13.2 Å².